The molecule has 0 aromatic rings. The van der Waals surface area contributed by atoms with E-state index in [-0.39, 0.29) is 0 Å². The van der Waals surface area contributed by atoms with E-state index in [0.717, 1.165) is 6.42 Å². The Morgan fingerprint density at radius 3 is 2.10 bits per heavy atom. The van der Waals surface area contributed by atoms with Crippen molar-refractivity contribution in [2.75, 3.05) is 0 Å². The molecule has 0 spiro atoms. The van der Waals surface area contributed by atoms with Crippen LogP contribution in [-0.2, 0) is 4.74 Å². The van der Waals surface area contributed by atoms with Crippen LogP contribution in [0.15, 0.2) is 12.8 Å². The minimum Gasteiger partial charge on any atom is -0.502 e. The molecule has 60 valence electrons. The van der Waals surface area contributed by atoms with E-state index in [9.17, 15) is 0 Å². The zero-order chi connectivity index (χ0) is 8.20. The van der Waals surface area contributed by atoms with E-state index < -0.39 is 8.07 Å². The molecule has 0 aromatic heterocycles. The predicted molar refractivity (Wildman–Crippen MR) is 48.7 cm³/mol. The van der Waals surface area contributed by atoms with Gasteiger partial charge in [0, 0.05) is 0 Å². The van der Waals surface area contributed by atoms with Gasteiger partial charge in [0.1, 0.15) is 0 Å². The smallest absolute Gasteiger partial charge is 0.0932 e. The molecule has 1 nitrogen and oxygen atoms in total. The third-order valence-corrected chi connectivity index (χ3v) is 4.07. The first-order valence-corrected chi connectivity index (χ1v) is 7.36. The van der Waals surface area contributed by atoms with Crippen molar-refractivity contribution in [2.45, 2.75) is 38.7 Å². The van der Waals surface area contributed by atoms with Crippen LogP contribution in [0.5, 0.6) is 0 Å². The molecular weight excluding hydrogens is 140 g/mol. The average Bonchev–Trinajstić information content (AvgIpc) is 1.80. The van der Waals surface area contributed by atoms with Gasteiger partial charge in [-0.2, -0.15) is 0 Å². The molecule has 0 bridgehead atoms. The SMILES string of the molecule is C=COC(CC)[Si](C)(C)C. The summed E-state index contributed by atoms with van der Waals surface area (Å²) in [6, 6.07) is 0. The van der Waals surface area contributed by atoms with Gasteiger partial charge < -0.3 is 4.74 Å². The second-order valence-corrected chi connectivity index (χ2v) is 8.94. The van der Waals surface area contributed by atoms with Crippen LogP contribution in [0, 0.1) is 0 Å². The van der Waals surface area contributed by atoms with Gasteiger partial charge in [0.15, 0.2) is 0 Å². The standard InChI is InChI=1S/C8H18OSi/c1-6-8(9-7-2)10(3,4)5/h7-8H,2,6H2,1,3-5H3. The minimum atomic E-state index is -1.10. The van der Waals surface area contributed by atoms with Gasteiger partial charge in [0.25, 0.3) is 0 Å². The maximum atomic E-state index is 5.38. The summed E-state index contributed by atoms with van der Waals surface area (Å²) in [5.41, 5.74) is 0.435. The van der Waals surface area contributed by atoms with Crippen LogP contribution >= 0.6 is 0 Å². The third kappa shape index (κ3) is 3.06. The largest absolute Gasteiger partial charge is 0.502 e. The number of ether oxygens (including phenoxy) is 1. The van der Waals surface area contributed by atoms with Crippen molar-refractivity contribution in [3.05, 3.63) is 12.8 Å². The van der Waals surface area contributed by atoms with Crippen LogP contribution in [0.2, 0.25) is 19.6 Å². The molecule has 0 saturated carbocycles. The zero-order valence-electron chi connectivity index (χ0n) is 7.48. The van der Waals surface area contributed by atoms with Crippen molar-refractivity contribution in [3.8, 4) is 0 Å². The molecule has 0 aliphatic heterocycles. The molecule has 0 aliphatic carbocycles. The molecule has 0 N–H and O–H groups in total. The first kappa shape index (κ1) is 9.76. The van der Waals surface area contributed by atoms with E-state index in [1.165, 1.54) is 0 Å². The summed E-state index contributed by atoms with van der Waals surface area (Å²) < 4.78 is 5.38. The van der Waals surface area contributed by atoms with Crippen LogP contribution in [0.25, 0.3) is 0 Å². The van der Waals surface area contributed by atoms with Crippen molar-refractivity contribution in [1.82, 2.24) is 0 Å². The normalized spacial score (nSPS) is 14.4. The summed E-state index contributed by atoms with van der Waals surface area (Å²) in [4.78, 5) is 0. The van der Waals surface area contributed by atoms with E-state index in [2.05, 4.69) is 33.1 Å². The molecule has 0 amide bonds. The fourth-order valence-corrected chi connectivity index (χ4v) is 2.76. The Hall–Kier alpha value is -0.243. The Morgan fingerprint density at radius 1 is 1.50 bits per heavy atom. The molecule has 0 heterocycles. The van der Waals surface area contributed by atoms with E-state index in [0.29, 0.717) is 5.73 Å². The van der Waals surface area contributed by atoms with Crippen LogP contribution in [0.4, 0.5) is 0 Å². The van der Waals surface area contributed by atoms with Gasteiger partial charge in [-0.05, 0) is 6.42 Å². The second kappa shape index (κ2) is 3.81. The summed E-state index contributed by atoms with van der Waals surface area (Å²) in [7, 11) is -1.10. The quantitative estimate of drug-likeness (QED) is 0.451. The maximum absolute atomic E-state index is 5.38. The monoisotopic (exact) mass is 158 g/mol. The van der Waals surface area contributed by atoms with Crippen molar-refractivity contribution in [1.29, 1.82) is 0 Å². The van der Waals surface area contributed by atoms with Gasteiger partial charge in [-0.3, -0.25) is 0 Å². The summed E-state index contributed by atoms with van der Waals surface area (Å²) in [5, 5.41) is 0. The number of hydrogen-bond acceptors (Lipinski definition) is 1. The molecule has 0 fully saturated rings. The molecule has 1 unspecified atom stereocenters. The van der Waals surface area contributed by atoms with E-state index in [1.807, 2.05) is 0 Å². The highest BCUT2D eigenvalue weighted by atomic mass is 28.3. The highest BCUT2D eigenvalue weighted by Crippen LogP contribution is 2.14. The molecule has 0 rings (SSSR count). The van der Waals surface area contributed by atoms with Crippen LogP contribution in [-0.4, -0.2) is 13.8 Å². The average molecular weight is 158 g/mol. The second-order valence-electron chi connectivity index (χ2n) is 3.57. The molecule has 0 aromatic carbocycles. The lowest BCUT2D eigenvalue weighted by molar-refractivity contribution is 0.202. The lowest BCUT2D eigenvalue weighted by atomic mass is 10.5. The summed E-state index contributed by atoms with van der Waals surface area (Å²) >= 11 is 0. The highest BCUT2D eigenvalue weighted by molar-refractivity contribution is 6.77. The molecular formula is C8H18OSi. The van der Waals surface area contributed by atoms with Crippen molar-refractivity contribution in [3.63, 3.8) is 0 Å². The van der Waals surface area contributed by atoms with Crippen LogP contribution in [0.3, 0.4) is 0 Å². The van der Waals surface area contributed by atoms with Crippen molar-refractivity contribution >= 4 is 8.07 Å². The Bertz CT molecular complexity index is 104. The molecule has 0 saturated heterocycles. The lowest BCUT2D eigenvalue weighted by Gasteiger charge is -2.26. The summed E-state index contributed by atoms with van der Waals surface area (Å²) in [6.07, 6.45) is 2.66. The molecule has 10 heavy (non-hydrogen) atoms. The van der Waals surface area contributed by atoms with E-state index >= 15 is 0 Å². The minimum absolute atomic E-state index is 0.435. The first-order chi connectivity index (χ1) is 4.52. The van der Waals surface area contributed by atoms with Crippen molar-refractivity contribution in [2.24, 2.45) is 0 Å². The Morgan fingerprint density at radius 2 is 2.00 bits per heavy atom. The van der Waals surface area contributed by atoms with Crippen LogP contribution < -0.4 is 0 Å². The van der Waals surface area contributed by atoms with Gasteiger partial charge in [0.05, 0.1) is 20.1 Å². The van der Waals surface area contributed by atoms with Crippen molar-refractivity contribution < 1.29 is 4.74 Å². The third-order valence-electron chi connectivity index (χ3n) is 1.60. The number of hydrogen-bond donors (Lipinski definition) is 0. The highest BCUT2D eigenvalue weighted by Gasteiger charge is 2.25. The van der Waals surface area contributed by atoms with E-state index in [4.69, 9.17) is 4.74 Å². The van der Waals surface area contributed by atoms with Gasteiger partial charge in [-0.1, -0.05) is 33.1 Å². The lowest BCUT2D eigenvalue weighted by Crippen LogP contribution is -2.38. The Labute approximate surface area is 65.1 Å². The molecule has 0 aliphatic rings. The van der Waals surface area contributed by atoms with Gasteiger partial charge in [-0.25, -0.2) is 0 Å². The molecule has 2 heteroatoms. The fourth-order valence-electron chi connectivity index (χ4n) is 1.03. The Balaban J connectivity index is 3.92. The van der Waals surface area contributed by atoms with Gasteiger partial charge in [-0.15, -0.1) is 0 Å². The zero-order valence-corrected chi connectivity index (χ0v) is 8.48. The summed E-state index contributed by atoms with van der Waals surface area (Å²) in [5.74, 6) is 0. The van der Waals surface area contributed by atoms with Crippen LogP contribution in [0.1, 0.15) is 13.3 Å². The van der Waals surface area contributed by atoms with Gasteiger partial charge in [0.2, 0.25) is 0 Å². The van der Waals surface area contributed by atoms with E-state index in [1.54, 1.807) is 6.26 Å². The summed E-state index contributed by atoms with van der Waals surface area (Å²) in [6.45, 7) is 12.7. The fraction of sp³-hybridized carbons (Fsp3) is 0.750. The predicted octanol–water partition coefficient (Wildman–Crippen LogP) is 2.80. The first-order valence-electron chi connectivity index (χ1n) is 3.78. The molecule has 0 radical (unpaired) electrons. The maximum Gasteiger partial charge on any atom is 0.0932 e. The topological polar surface area (TPSA) is 9.23 Å². The Kier molecular flexibility index (Phi) is 3.72. The van der Waals surface area contributed by atoms with Gasteiger partial charge >= 0.3 is 0 Å². The molecule has 1 atom stereocenters. The number of rotatable bonds is 4.